The van der Waals surface area contributed by atoms with Crippen LogP contribution >= 0.6 is 0 Å². The molecule has 8 aliphatic carbocycles. The van der Waals surface area contributed by atoms with Gasteiger partial charge in [0.1, 0.15) is 0 Å². The zero-order chi connectivity index (χ0) is 34.6. The minimum absolute atomic E-state index is 0.271. The van der Waals surface area contributed by atoms with Crippen LogP contribution in [0.4, 0.5) is 0 Å². The first-order chi connectivity index (χ1) is 22.3. The summed E-state index contributed by atoms with van der Waals surface area (Å²) in [7, 11) is 0. The third-order valence-corrected chi connectivity index (χ3v) is 19.0. The highest BCUT2D eigenvalue weighted by Gasteiger charge is 2.73. The number of hydrogen-bond donors (Lipinski definition) is 0. The normalized spacial score (nSPS) is 50.7. The summed E-state index contributed by atoms with van der Waals surface area (Å²) in [6.45, 7) is 36.2. The molecule has 0 N–H and O–H groups in total. The molecule has 8 rings (SSSR count). The molecule has 48 heavy (non-hydrogen) atoms. The molecule has 16 atom stereocenters. The molecule has 0 heterocycles. The summed E-state index contributed by atoms with van der Waals surface area (Å²) in [5.74, 6) is 13.1. The van der Waals surface area contributed by atoms with Gasteiger partial charge < -0.3 is 9.31 Å². The maximum Gasteiger partial charge on any atom is 0.369 e. The highest BCUT2D eigenvalue weighted by atomic mass is 16.6. The molecule has 8 saturated carbocycles. The lowest BCUT2D eigenvalue weighted by atomic mass is 9.36. The van der Waals surface area contributed by atoms with Gasteiger partial charge in [-0.3, -0.25) is 0 Å². The average Bonchev–Trinajstić information content (AvgIpc) is 3.95. The monoisotopic (exact) mass is 657 g/mol. The smallest absolute Gasteiger partial charge is 0.369 e. The van der Waals surface area contributed by atoms with Crippen molar-refractivity contribution in [3.63, 3.8) is 0 Å². The Morgan fingerprint density at radius 2 is 0.646 bits per heavy atom. The van der Waals surface area contributed by atoms with Crippen LogP contribution in [-0.4, -0.2) is 13.8 Å². The van der Waals surface area contributed by atoms with E-state index in [0.717, 1.165) is 77.0 Å². The first-order valence-electron chi connectivity index (χ1n) is 21.3. The molecule has 2 nitrogen and oxygen atoms in total. The molecule has 0 aromatic rings. The quantitative estimate of drug-likeness (QED) is 0.191. The third-order valence-electron chi connectivity index (χ3n) is 19.0. The van der Waals surface area contributed by atoms with E-state index in [4.69, 9.17) is 9.31 Å². The molecule has 0 saturated heterocycles. The summed E-state index contributed by atoms with van der Waals surface area (Å²) in [5, 5.41) is 0. The highest BCUT2D eigenvalue weighted by molar-refractivity contribution is 6.58. The Balaban J connectivity index is 1.18. The average molecular weight is 657 g/mol. The first kappa shape index (κ1) is 34.6. The molecule has 8 aliphatic rings. The largest absolute Gasteiger partial charge is 0.537 e. The third kappa shape index (κ3) is 4.90. The van der Waals surface area contributed by atoms with Crippen molar-refractivity contribution < 1.29 is 9.31 Å². The van der Waals surface area contributed by atoms with E-state index in [1.165, 1.54) is 56.9 Å². The van der Waals surface area contributed by atoms with E-state index < -0.39 is 0 Å². The van der Waals surface area contributed by atoms with Gasteiger partial charge in [0.15, 0.2) is 0 Å². The minimum Gasteiger partial charge on any atom is -0.537 e. The molecule has 0 radical (unpaired) electrons. The van der Waals surface area contributed by atoms with Crippen molar-refractivity contribution in [2.75, 3.05) is 0 Å². The van der Waals surface area contributed by atoms with Crippen LogP contribution in [0.2, 0.25) is 23.3 Å². The summed E-state index contributed by atoms with van der Waals surface area (Å²) in [6.07, 6.45) is 11.2. The SMILES string of the molecule is CC(C)=C(OB([C@H]1[C@H]2[C@@H](CC[C@@H]1C)C2(C)C)[C@H]1[C@H]2[C@@H](CC[C@@H]1C)C2(C)C)OB([C@H]1[C@H]2[C@@H](CC[C@@H]1C)C2(C)C)[C@H]1[C@H]2[C@@H](CC[C@@H]1C)C2(C)C. The summed E-state index contributed by atoms with van der Waals surface area (Å²) >= 11 is 0. The molecular weight excluding hydrogens is 582 g/mol. The van der Waals surface area contributed by atoms with Gasteiger partial charge in [-0.15, -0.1) is 0 Å². The molecule has 268 valence electrons. The van der Waals surface area contributed by atoms with Gasteiger partial charge in [0, 0.05) is 5.57 Å². The molecule has 0 bridgehead atoms. The molecule has 0 spiro atoms. The van der Waals surface area contributed by atoms with Gasteiger partial charge in [0.25, 0.3) is 0 Å². The standard InChI is InChI=1S/C44H74B2O2/c1-23(2)40(47-45(36-24(3)15-19-28-32(36)41(28,7)8)37-25(4)16-20-29-33(37)42(29,9)10)48-46(38-26(5)17-21-30-34(38)43(30,11)12)39-27(6)18-22-31-35(39)44(31,13)14/h24-39H,15-22H2,1-14H3/t24-,25-,26-,27-,28+,29+,30+,31+,32+,33+,34+,35+,36+,37+,38+,39+/m0/s1. The van der Waals surface area contributed by atoms with Gasteiger partial charge in [-0.2, -0.15) is 0 Å². The predicted octanol–water partition coefficient (Wildman–Crippen LogP) is 12.5. The Morgan fingerprint density at radius 1 is 0.417 bits per heavy atom. The Hall–Kier alpha value is -0.530. The second-order valence-electron chi connectivity index (χ2n) is 22.8. The number of fused-ring (bicyclic) bond motifs is 4. The Morgan fingerprint density at radius 3 is 0.854 bits per heavy atom. The number of hydrogen-bond acceptors (Lipinski definition) is 2. The van der Waals surface area contributed by atoms with E-state index in [9.17, 15) is 0 Å². The topological polar surface area (TPSA) is 18.5 Å². The van der Waals surface area contributed by atoms with Crippen molar-refractivity contribution in [2.45, 2.75) is 172 Å². The van der Waals surface area contributed by atoms with Crippen molar-refractivity contribution in [1.82, 2.24) is 0 Å². The first-order valence-corrected chi connectivity index (χ1v) is 21.3. The second kappa shape index (κ2) is 11.0. The van der Waals surface area contributed by atoms with Gasteiger partial charge in [0.05, 0.1) is 0 Å². The Kier molecular flexibility index (Phi) is 7.92. The maximum atomic E-state index is 7.85. The fraction of sp³-hybridized carbons (Fsp3) is 0.955. The lowest BCUT2D eigenvalue weighted by Gasteiger charge is -2.44. The van der Waals surface area contributed by atoms with Crippen LogP contribution in [0, 0.1) is 92.7 Å². The lowest BCUT2D eigenvalue weighted by molar-refractivity contribution is 0.169. The molecule has 0 aromatic heterocycles. The number of allylic oxidation sites excluding steroid dienone is 1. The van der Waals surface area contributed by atoms with E-state index >= 15 is 0 Å². The predicted molar refractivity (Wildman–Crippen MR) is 204 cm³/mol. The fourth-order valence-electron chi connectivity index (χ4n) is 15.8. The summed E-state index contributed by atoms with van der Waals surface area (Å²) < 4.78 is 15.7. The fourth-order valence-corrected chi connectivity index (χ4v) is 15.8. The lowest BCUT2D eigenvalue weighted by Crippen LogP contribution is -2.45. The van der Waals surface area contributed by atoms with E-state index in [1.54, 1.807) is 0 Å². The van der Waals surface area contributed by atoms with E-state index in [-0.39, 0.29) is 13.8 Å². The van der Waals surface area contributed by atoms with Gasteiger partial charge >= 0.3 is 13.8 Å². The van der Waals surface area contributed by atoms with Crippen LogP contribution in [0.15, 0.2) is 11.5 Å². The van der Waals surface area contributed by atoms with Crippen molar-refractivity contribution in [3.05, 3.63) is 11.5 Å². The molecular formula is C44H74B2O2. The summed E-state index contributed by atoms with van der Waals surface area (Å²) in [4.78, 5) is 0. The van der Waals surface area contributed by atoms with Crippen LogP contribution in [0.5, 0.6) is 0 Å². The molecule has 8 fully saturated rings. The van der Waals surface area contributed by atoms with E-state index in [0.29, 0.717) is 44.9 Å². The molecule has 0 unspecified atom stereocenters. The summed E-state index contributed by atoms with van der Waals surface area (Å²) in [5.41, 5.74) is 3.10. The van der Waals surface area contributed by atoms with Crippen LogP contribution < -0.4 is 0 Å². The Bertz CT molecular complexity index is 1130. The Labute approximate surface area is 298 Å². The van der Waals surface area contributed by atoms with Crippen LogP contribution in [-0.2, 0) is 9.31 Å². The van der Waals surface area contributed by atoms with Gasteiger partial charge in [-0.25, -0.2) is 0 Å². The van der Waals surface area contributed by atoms with Gasteiger partial charge in [0.2, 0.25) is 5.95 Å². The van der Waals surface area contributed by atoms with Crippen molar-refractivity contribution in [2.24, 2.45) is 92.7 Å². The molecule has 0 amide bonds. The molecule has 4 heteroatoms. The number of rotatable bonds is 8. The van der Waals surface area contributed by atoms with Crippen LogP contribution in [0.3, 0.4) is 0 Å². The van der Waals surface area contributed by atoms with Crippen molar-refractivity contribution >= 4 is 13.8 Å². The summed E-state index contributed by atoms with van der Waals surface area (Å²) in [6, 6.07) is 0. The van der Waals surface area contributed by atoms with Crippen molar-refractivity contribution in [1.29, 1.82) is 0 Å². The second-order valence-corrected chi connectivity index (χ2v) is 22.8. The van der Waals surface area contributed by atoms with Crippen molar-refractivity contribution in [3.8, 4) is 0 Å². The molecule has 0 aromatic carbocycles. The van der Waals surface area contributed by atoms with Gasteiger partial charge in [-0.05, 0) is 155 Å². The minimum atomic E-state index is 0.271. The molecule has 0 aliphatic heterocycles. The highest BCUT2D eigenvalue weighted by Crippen LogP contribution is 2.78. The van der Waals surface area contributed by atoms with E-state index in [2.05, 4.69) is 96.9 Å². The van der Waals surface area contributed by atoms with E-state index in [1.807, 2.05) is 0 Å². The maximum absolute atomic E-state index is 7.85. The van der Waals surface area contributed by atoms with Crippen LogP contribution in [0.25, 0.3) is 0 Å². The van der Waals surface area contributed by atoms with Crippen LogP contribution in [0.1, 0.15) is 148 Å². The zero-order valence-corrected chi connectivity index (χ0v) is 33.9. The zero-order valence-electron chi connectivity index (χ0n) is 33.9. The van der Waals surface area contributed by atoms with Gasteiger partial charge in [-0.1, -0.05) is 109 Å².